The summed E-state index contributed by atoms with van der Waals surface area (Å²) in [5.74, 6) is -0.760. The number of thiophene rings is 1. The van der Waals surface area contributed by atoms with Gasteiger partial charge in [0.15, 0.2) is 0 Å². The number of nitrogens with zero attached hydrogens (tertiary/aromatic N) is 2. The number of anilines is 1. The zero-order valence-electron chi connectivity index (χ0n) is 20.6. The Balaban J connectivity index is 1.64. The molecule has 1 aromatic heterocycles. The summed E-state index contributed by atoms with van der Waals surface area (Å²) in [5.41, 5.74) is 6.14. The molecule has 2 aromatic carbocycles. The highest BCUT2D eigenvalue weighted by Crippen LogP contribution is 2.24. The number of hydrazone groups is 1. The molecule has 0 aliphatic rings. The van der Waals surface area contributed by atoms with Crippen LogP contribution in [0.3, 0.4) is 0 Å². The molecule has 3 rings (SSSR count). The van der Waals surface area contributed by atoms with E-state index in [0.717, 1.165) is 16.7 Å². The molecule has 2 unspecified atom stereocenters. The van der Waals surface area contributed by atoms with E-state index in [9.17, 15) is 19.8 Å². The first-order valence-electron chi connectivity index (χ1n) is 11.7. The fourth-order valence-corrected chi connectivity index (χ4v) is 4.44. The summed E-state index contributed by atoms with van der Waals surface area (Å²) < 4.78 is 0. The number of rotatable bonds is 11. The van der Waals surface area contributed by atoms with Crippen molar-refractivity contribution in [3.8, 4) is 0 Å². The minimum Gasteiger partial charge on any atom is -0.392 e. The highest BCUT2D eigenvalue weighted by molar-refractivity contribution is 7.14. The number of carbonyl (C=O) groups excluding carboxylic acids is 2. The first kappa shape index (κ1) is 27.2. The summed E-state index contributed by atoms with van der Waals surface area (Å²) >= 11 is 1.25. The van der Waals surface area contributed by atoms with Crippen molar-refractivity contribution in [2.75, 3.05) is 18.4 Å². The number of carbonyl (C=O) groups is 2. The molecule has 0 spiro atoms. The zero-order chi connectivity index (χ0) is 26.1. The summed E-state index contributed by atoms with van der Waals surface area (Å²) in [4.78, 5) is 27.5. The molecule has 1 heterocycles. The number of benzene rings is 2. The number of hydrogen-bond acceptors (Lipinski definition) is 7. The van der Waals surface area contributed by atoms with Gasteiger partial charge >= 0.3 is 0 Å². The molecular weight excluding hydrogens is 476 g/mol. The molecule has 0 fully saturated rings. The molecule has 36 heavy (non-hydrogen) atoms. The molecule has 0 bridgehead atoms. The van der Waals surface area contributed by atoms with Gasteiger partial charge in [-0.2, -0.15) is 5.10 Å². The SMILES string of the molecule is Cc1ccc(/C=N/NC(=O)c2ccsc2NC(=O)c2cccc(CN(CC(C)O)CC(C)O)c2)cc1. The minimum atomic E-state index is -0.542. The van der Waals surface area contributed by atoms with Crippen molar-refractivity contribution in [1.82, 2.24) is 10.3 Å². The van der Waals surface area contributed by atoms with Gasteiger partial charge in [-0.05, 0) is 55.5 Å². The van der Waals surface area contributed by atoms with E-state index < -0.39 is 18.1 Å². The van der Waals surface area contributed by atoms with Gasteiger partial charge in [-0.15, -0.1) is 11.3 Å². The monoisotopic (exact) mass is 508 g/mol. The van der Waals surface area contributed by atoms with E-state index in [4.69, 9.17) is 0 Å². The van der Waals surface area contributed by atoms with E-state index in [0.29, 0.717) is 35.8 Å². The molecular formula is C27H32N4O4S. The Labute approximate surface area is 215 Å². The minimum absolute atomic E-state index is 0.325. The number of aliphatic hydroxyl groups is 2. The molecule has 8 nitrogen and oxygen atoms in total. The van der Waals surface area contributed by atoms with E-state index in [1.165, 1.54) is 11.3 Å². The van der Waals surface area contributed by atoms with Crippen LogP contribution in [0.1, 0.15) is 51.3 Å². The van der Waals surface area contributed by atoms with Gasteiger partial charge in [-0.3, -0.25) is 14.5 Å². The summed E-state index contributed by atoms with van der Waals surface area (Å²) in [7, 11) is 0. The van der Waals surface area contributed by atoms with Crippen molar-refractivity contribution >= 4 is 34.4 Å². The van der Waals surface area contributed by atoms with Crippen LogP contribution in [0.5, 0.6) is 0 Å². The molecule has 2 amide bonds. The van der Waals surface area contributed by atoms with Crippen LogP contribution in [-0.2, 0) is 6.54 Å². The topological polar surface area (TPSA) is 114 Å². The number of aryl methyl sites for hydroxylation is 1. The normalized spacial score (nSPS) is 13.1. The van der Waals surface area contributed by atoms with E-state index >= 15 is 0 Å². The van der Waals surface area contributed by atoms with E-state index in [1.807, 2.05) is 42.2 Å². The van der Waals surface area contributed by atoms with Crippen molar-refractivity contribution in [3.63, 3.8) is 0 Å². The maximum Gasteiger partial charge on any atom is 0.274 e. The fraction of sp³-hybridized carbons (Fsp3) is 0.296. The third-order valence-corrected chi connectivity index (χ3v) is 6.06. The van der Waals surface area contributed by atoms with E-state index in [1.54, 1.807) is 49.7 Å². The fourth-order valence-electron chi connectivity index (χ4n) is 3.66. The first-order chi connectivity index (χ1) is 17.2. The average Bonchev–Trinajstić information content (AvgIpc) is 3.28. The van der Waals surface area contributed by atoms with Gasteiger partial charge in [0.2, 0.25) is 0 Å². The maximum absolute atomic E-state index is 12.9. The van der Waals surface area contributed by atoms with E-state index in [-0.39, 0.29) is 5.91 Å². The second-order valence-corrected chi connectivity index (χ2v) is 9.74. The predicted molar refractivity (Wildman–Crippen MR) is 144 cm³/mol. The third-order valence-electron chi connectivity index (χ3n) is 5.23. The lowest BCUT2D eigenvalue weighted by Crippen LogP contribution is -2.35. The van der Waals surface area contributed by atoms with Crippen LogP contribution in [0, 0.1) is 6.92 Å². The number of hydrogen-bond donors (Lipinski definition) is 4. The van der Waals surface area contributed by atoms with Crippen molar-refractivity contribution in [2.24, 2.45) is 5.10 Å². The van der Waals surface area contributed by atoms with Crippen LogP contribution in [0.25, 0.3) is 0 Å². The lowest BCUT2D eigenvalue weighted by Gasteiger charge is -2.25. The zero-order valence-corrected chi connectivity index (χ0v) is 21.5. The smallest absolute Gasteiger partial charge is 0.274 e. The van der Waals surface area contributed by atoms with Crippen molar-refractivity contribution < 1.29 is 19.8 Å². The lowest BCUT2D eigenvalue weighted by atomic mass is 10.1. The average molecular weight is 509 g/mol. The molecule has 0 radical (unpaired) electrons. The van der Waals surface area contributed by atoms with Crippen LogP contribution < -0.4 is 10.7 Å². The van der Waals surface area contributed by atoms with Gasteiger partial charge < -0.3 is 15.5 Å². The molecule has 0 aliphatic heterocycles. The molecule has 4 N–H and O–H groups in total. The molecule has 0 aliphatic carbocycles. The second-order valence-electron chi connectivity index (χ2n) is 8.82. The van der Waals surface area contributed by atoms with Crippen LogP contribution in [0.15, 0.2) is 65.1 Å². The Kier molecular flexibility index (Phi) is 9.89. The van der Waals surface area contributed by atoms with Gasteiger partial charge in [-0.25, -0.2) is 5.43 Å². The Morgan fingerprint density at radius 2 is 1.72 bits per heavy atom. The number of aliphatic hydroxyl groups excluding tert-OH is 2. The van der Waals surface area contributed by atoms with Gasteiger partial charge in [0.25, 0.3) is 11.8 Å². The van der Waals surface area contributed by atoms with Crippen LogP contribution >= 0.6 is 11.3 Å². The summed E-state index contributed by atoms with van der Waals surface area (Å²) in [6.07, 6.45) is 0.478. The molecule has 9 heteroatoms. The quantitative estimate of drug-likeness (QED) is 0.233. The molecule has 0 saturated carbocycles. The Bertz CT molecular complexity index is 1180. The van der Waals surface area contributed by atoms with Gasteiger partial charge in [0.05, 0.1) is 24.0 Å². The summed E-state index contributed by atoms with van der Waals surface area (Å²) in [5, 5.41) is 28.5. The standard InChI is InChI=1S/C27H32N4O4S/c1-18-7-9-21(10-8-18)14-28-30-26(35)24-11-12-36-27(24)29-25(34)23-6-4-5-22(13-23)17-31(15-19(2)32)16-20(3)33/h4-14,19-20,32-33H,15-17H2,1-3H3,(H,29,34)(H,30,35)/b28-14+. The molecule has 3 aromatic rings. The largest absolute Gasteiger partial charge is 0.392 e. The van der Waals surface area contributed by atoms with Crippen LogP contribution in [0.4, 0.5) is 5.00 Å². The molecule has 2 atom stereocenters. The predicted octanol–water partition coefficient (Wildman–Crippen LogP) is 3.64. The summed E-state index contributed by atoms with van der Waals surface area (Å²) in [6.45, 7) is 6.67. The van der Waals surface area contributed by atoms with Crippen molar-refractivity contribution in [3.05, 3.63) is 87.8 Å². The first-order valence-corrected chi connectivity index (χ1v) is 12.6. The van der Waals surface area contributed by atoms with Gasteiger partial charge in [0, 0.05) is 25.2 Å². The summed E-state index contributed by atoms with van der Waals surface area (Å²) in [6, 6.07) is 16.5. The van der Waals surface area contributed by atoms with Gasteiger partial charge in [0.1, 0.15) is 5.00 Å². The Hall–Kier alpha value is -3.37. The van der Waals surface area contributed by atoms with Gasteiger partial charge in [-0.1, -0.05) is 42.0 Å². The molecule has 190 valence electrons. The third kappa shape index (κ3) is 8.39. The highest BCUT2D eigenvalue weighted by Gasteiger charge is 2.17. The number of nitrogens with one attached hydrogen (secondary N) is 2. The highest BCUT2D eigenvalue weighted by atomic mass is 32.1. The van der Waals surface area contributed by atoms with Crippen LogP contribution in [0.2, 0.25) is 0 Å². The molecule has 0 saturated heterocycles. The second kappa shape index (κ2) is 13.1. The Morgan fingerprint density at radius 1 is 1.03 bits per heavy atom. The Morgan fingerprint density at radius 3 is 2.39 bits per heavy atom. The van der Waals surface area contributed by atoms with Crippen molar-refractivity contribution in [2.45, 2.75) is 39.5 Å². The maximum atomic E-state index is 12.9. The lowest BCUT2D eigenvalue weighted by molar-refractivity contribution is 0.0793. The van der Waals surface area contributed by atoms with Crippen LogP contribution in [-0.4, -0.2) is 58.4 Å². The van der Waals surface area contributed by atoms with Crippen molar-refractivity contribution in [1.29, 1.82) is 0 Å². The number of amides is 2. The van der Waals surface area contributed by atoms with E-state index in [2.05, 4.69) is 15.8 Å².